The summed E-state index contributed by atoms with van der Waals surface area (Å²) in [7, 11) is 0. The molecule has 0 saturated carbocycles. The molecule has 0 radical (unpaired) electrons. The number of nitrogen functional groups attached to an aromatic ring is 1. The fourth-order valence-corrected chi connectivity index (χ4v) is 3.22. The Bertz CT molecular complexity index is 874. The molecule has 2 aromatic carbocycles. The highest BCUT2D eigenvalue weighted by Crippen LogP contribution is 2.22. The number of hydrogen-bond donors (Lipinski definition) is 3. The first kappa shape index (κ1) is 20.5. The summed E-state index contributed by atoms with van der Waals surface area (Å²) in [5, 5.41) is 5.74. The van der Waals surface area contributed by atoms with Crippen molar-refractivity contribution in [2.24, 2.45) is 0 Å². The molecule has 0 unspecified atom stereocenters. The minimum absolute atomic E-state index is 0.0360. The molecule has 3 rings (SSSR count). The molecule has 0 aliphatic carbocycles. The normalized spacial score (nSPS) is 16.4. The maximum atomic E-state index is 12.4. The van der Waals surface area contributed by atoms with Crippen LogP contribution in [0, 0.1) is 0 Å². The minimum Gasteiger partial charge on any atom is -0.444 e. The molecule has 7 heteroatoms. The average molecular weight is 396 g/mol. The van der Waals surface area contributed by atoms with Crippen molar-refractivity contribution in [3.8, 4) is 0 Å². The minimum atomic E-state index is -0.511. The Kier molecular flexibility index (Phi) is 5.96. The first-order valence-corrected chi connectivity index (χ1v) is 9.72. The molecular formula is C22H28N4O3. The van der Waals surface area contributed by atoms with Crippen LogP contribution in [0.2, 0.25) is 0 Å². The summed E-state index contributed by atoms with van der Waals surface area (Å²) in [6.07, 6.45) is 0.450. The van der Waals surface area contributed by atoms with Crippen molar-refractivity contribution in [3.05, 3.63) is 54.1 Å². The molecule has 0 spiro atoms. The first-order chi connectivity index (χ1) is 13.7. The van der Waals surface area contributed by atoms with E-state index in [9.17, 15) is 9.59 Å². The fourth-order valence-electron chi connectivity index (χ4n) is 3.22. The number of alkyl carbamates (subject to hydrolysis) is 1. The van der Waals surface area contributed by atoms with Crippen LogP contribution in [0.25, 0.3) is 0 Å². The van der Waals surface area contributed by atoms with Gasteiger partial charge in [-0.15, -0.1) is 0 Å². The Balaban J connectivity index is 1.56. The van der Waals surface area contributed by atoms with Gasteiger partial charge in [-0.05, 0) is 63.6 Å². The Morgan fingerprint density at radius 1 is 1.10 bits per heavy atom. The van der Waals surface area contributed by atoms with Crippen molar-refractivity contribution in [2.45, 2.75) is 38.8 Å². The monoisotopic (exact) mass is 396 g/mol. The number of nitrogens with one attached hydrogen (secondary N) is 2. The topological polar surface area (TPSA) is 96.7 Å². The number of hydrogen-bond acceptors (Lipinski definition) is 5. The van der Waals surface area contributed by atoms with E-state index < -0.39 is 11.7 Å². The lowest BCUT2D eigenvalue weighted by molar-refractivity contribution is 0.0509. The molecule has 2 amide bonds. The second-order valence-electron chi connectivity index (χ2n) is 8.17. The molecule has 2 aromatic rings. The number of rotatable bonds is 4. The molecule has 29 heavy (non-hydrogen) atoms. The highest BCUT2D eigenvalue weighted by Gasteiger charge is 2.26. The first-order valence-electron chi connectivity index (χ1n) is 9.72. The van der Waals surface area contributed by atoms with Gasteiger partial charge >= 0.3 is 6.09 Å². The van der Waals surface area contributed by atoms with E-state index in [2.05, 4.69) is 15.5 Å². The lowest BCUT2D eigenvalue weighted by Gasteiger charge is -2.22. The van der Waals surface area contributed by atoms with Crippen molar-refractivity contribution < 1.29 is 14.3 Å². The summed E-state index contributed by atoms with van der Waals surface area (Å²) in [5.41, 5.74) is 8.05. The largest absolute Gasteiger partial charge is 0.444 e. The number of amides is 2. The second kappa shape index (κ2) is 8.43. The van der Waals surface area contributed by atoms with Crippen molar-refractivity contribution in [1.82, 2.24) is 5.32 Å². The zero-order valence-electron chi connectivity index (χ0n) is 17.1. The third-order valence-corrected chi connectivity index (χ3v) is 4.61. The van der Waals surface area contributed by atoms with Gasteiger partial charge in [0, 0.05) is 24.3 Å². The maximum Gasteiger partial charge on any atom is 0.407 e. The third-order valence-electron chi connectivity index (χ3n) is 4.61. The van der Waals surface area contributed by atoms with Gasteiger partial charge in [0.2, 0.25) is 0 Å². The highest BCUT2D eigenvalue weighted by molar-refractivity contribution is 6.05. The highest BCUT2D eigenvalue weighted by atomic mass is 16.6. The van der Waals surface area contributed by atoms with E-state index >= 15 is 0 Å². The number of benzene rings is 2. The molecule has 4 N–H and O–H groups in total. The molecule has 1 fully saturated rings. The lowest BCUT2D eigenvalue weighted by Crippen LogP contribution is -2.40. The van der Waals surface area contributed by atoms with E-state index in [4.69, 9.17) is 10.5 Å². The number of nitrogens with two attached hydrogens (primary N) is 1. The number of carbonyl (C=O) groups excluding carboxylic acids is 2. The zero-order chi connectivity index (χ0) is 21.0. The number of nitrogens with zero attached hydrogens (tertiary/aromatic N) is 1. The molecular weight excluding hydrogens is 368 g/mol. The van der Waals surface area contributed by atoms with Crippen LogP contribution >= 0.6 is 0 Å². The molecule has 1 atom stereocenters. The van der Waals surface area contributed by atoms with Gasteiger partial charge in [0.15, 0.2) is 0 Å². The predicted molar refractivity (Wildman–Crippen MR) is 115 cm³/mol. The van der Waals surface area contributed by atoms with E-state index in [0.717, 1.165) is 18.7 Å². The average Bonchev–Trinajstić information content (AvgIpc) is 3.10. The molecule has 154 valence electrons. The van der Waals surface area contributed by atoms with Crippen LogP contribution in [0.1, 0.15) is 37.6 Å². The third kappa shape index (κ3) is 5.63. The van der Waals surface area contributed by atoms with Crippen molar-refractivity contribution in [1.29, 1.82) is 0 Å². The summed E-state index contributed by atoms with van der Waals surface area (Å²) < 4.78 is 5.32. The maximum absolute atomic E-state index is 12.4. The van der Waals surface area contributed by atoms with E-state index in [0.29, 0.717) is 23.5 Å². The summed E-state index contributed by atoms with van der Waals surface area (Å²) in [5.74, 6) is -0.208. The summed E-state index contributed by atoms with van der Waals surface area (Å²) in [6.45, 7) is 7.06. The Hall–Kier alpha value is -3.22. The Morgan fingerprint density at radius 2 is 1.79 bits per heavy atom. The van der Waals surface area contributed by atoms with Crippen LogP contribution in [0.3, 0.4) is 0 Å². The smallest absolute Gasteiger partial charge is 0.407 e. The van der Waals surface area contributed by atoms with E-state index in [1.165, 1.54) is 0 Å². The van der Waals surface area contributed by atoms with Crippen LogP contribution in [-0.2, 0) is 4.74 Å². The summed E-state index contributed by atoms with van der Waals surface area (Å²) in [6, 6.07) is 14.6. The van der Waals surface area contributed by atoms with Crippen LogP contribution in [0.5, 0.6) is 0 Å². The van der Waals surface area contributed by atoms with Gasteiger partial charge < -0.3 is 26.0 Å². The number of anilines is 3. The van der Waals surface area contributed by atoms with Crippen LogP contribution in [-0.4, -0.2) is 36.7 Å². The molecule has 0 bridgehead atoms. The van der Waals surface area contributed by atoms with Crippen molar-refractivity contribution in [3.63, 3.8) is 0 Å². The van der Waals surface area contributed by atoms with Gasteiger partial charge in [-0.3, -0.25) is 4.79 Å². The SMILES string of the molecule is CC(C)(C)OC(=O)N[C@H]1CCN(c2ccc(C(=O)Nc3ccccc3N)cc2)C1. The van der Waals surface area contributed by atoms with Crippen molar-refractivity contribution in [2.75, 3.05) is 29.0 Å². The molecule has 1 aliphatic heterocycles. The quantitative estimate of drug-likeness (QED) is 0.686. The van der Waals surface area contributed by atoms with Gasteiger partial charge in [0.05, 0.1) is 17.4 Å². The van der Waals surface area contributed by atoms with Gasteiger partial charge in [0.1, 0.15) is 5.60 Å². The molecule has 0 aromatic heterocycles. The standard InChI is InChI=1S/C22H28N4O3/c1-22(2,3)29-21(28)24-16-12-13-26(14-16)17-10-8-15(9-11-17)20(27)25-19-7-5-4-6-18(19)23/h4-11,16H,12-14,23H2,1-3H3,(H,24,28)(H,25,27)/t16-/m0/s1. The second-order valence-corrected chi connectivity index (χ2v) is 8.17. The molecule has 7 nitrogen and oxygen atoms in total. The van der Waals surface area contributed by atoms with Gasteiger partial charge in [-0.1, -0.05) is 12.1 Å². The van der Waals surface area contributed by atoms with E-state index in [-0.39, 0.29) is 11.9 Å². The molecule has 1 aliphatic rings. The van der Waals surface area contributed by atoms with Gasteiger partial charge in [0.25, 0.3) is 5.91 Å². The molecule has 1 heterocycles. The van der Waals surface area contributed by atoms with Crippen LogP contribution < -0.4 is 21.3 Å². The number of para-hydroxylation sites is 2. The lowest BCUT2D eigenvalue weighted by atomic mass is 10.1. The van der Waals surface area contributed by atoms with Crippen LogP contribution in [0.15, 0.2) is 48.5 Å². The Labute approximate surface area is 171 Å². The zero-order valence-corrected chi connectivity index (χ0v) is 17.1. The number of carbonyl (C=O) groups is 2. The van der Waals surface area contributed by atoms with Gasteiger partial charge in [-0.25, -0.2) is 4.79 Å². The van der Waals surface area contributed by atoms with Gasteiger partial charge in [-0.2, -0.15) is 0 Å². The van der Waals surface area contributed by atoms with E-state index in [1.807, 2.05) is 45.0 Å². The molecule has 1 saturated heterocycles. The number of ether oxygens (including phenoxy) is 1. The fraction of sp³-hybridized carbons (Fsp3) is 0.364. The summed E-state index contributed by atoms with van der Waals surface area (Å²) in [4.78, 5) is 26.6. The van der Waals surface area contributed by atoms with Crippen molar-refractivity contribution >= 4 is 29.1 Å². The van der Waals surface area contributed by atoms with E-state index in [1.54, 1.807) is 24.3 Å². The summed E-state index contributed by atoms with van der Waals surface area (Å²) >= 11 is 0. The predicted octanol–water partition coefficient (Wildman–Crippen LogP) is 3.62. The Morgan fingerprint density at radius 3 is 2.45 bits per heavy atom. The van der Waals surface area contributed by atoms with Crippen LogP contribution in [0.4, 0.5) is 21.9 Å².